The molecule has 550 valence electrons. The lowest BCUT2D eigenvalue weighted by atomic mass is 9.95. The van der Waals surface area contributed by atoms with E-state index in [1.54, 1.807) is 72.8 Å². The normalized spacial score (nSPS) is 10.9. The average Bonchev–Trinajstić information content (AvgIpc) is 1.49. The number of rotatable bonds is 14. The van der Waals surface area contributed by atoms with E-state index >= 15 is 0 Å². The molecule has 4 aromatic heterocycles. The van der Waals surface area contributed by atoms with Gasteiger partial charge >= 0.3 is 0 Å². The molecule has 0 aliphatic carbocycles. The summed E-state index contributed by atoms with van der Waals surface area (Å²) in [5.41, 5.74) is 20.7. The van der Waals surface area contributed by atoms with Crippen molar-refractivity contribution in [1.82, 2.24) is 39.0 Å². The Balaban J connectivity index is 0.839. The van der Waals surface area contributed by atoms with Crippen LogP contribution in [0.2, 0.25) is 0 Å². The van der Waals surface area contributed by atoms with Crippen molar-refractivity contribution >= 4 is 43.6 Å². The summed E-state index contributed by atoms with van der Waals surface area (Å²) < 4.78 is 4.39. The Hall–Kier alpha value is -18.2. The van der Waals surface area contributed by atoms with Crippen molar-refractivity contribution in [3.8, 4) is 195 Å². The third-order valence-electron chi connectivity index (χ3n) is 21.7. The molecule has 0 atom stereocenters. The van der Waals surface area contributed by atoms with Crippen LogP contribution >= 0.6 is 0 Å². The largest absolute Gasteiger partial charge is 0.308 e. The third kappa shape index (κ3) is 13.0. The molecule has 0 N–H and O–H groups in total. The van der Waals surface area contributed by atoms with Crippen LogP contribution in [0.1, 0.15) is 44.5 Å². The van der Waals surface area contributed by atoms with Gasteiger partial charge in [0, 0.05) is 54.9 Å². The highest BCUT2D eigenvalue weighted by atomic mass is 15.1. The van der Waals surface area contributed by atoms with Crippen LogP contribution in [0.4, 0.5) is 0 Å². The molecule has 0 amide bonds. The second-order valence-corrected chi connectivity index (χ2v) is 28.7. The molecule has 4 heterocycles. The van der Waals surface area contributed by atoms with Crippen LogP contribution in [0.5, 0.6) is 0 Å². The van der Waals surface area contributed by atoms with Crippen LogP contribution in [-0.4, -0.2) is 39.0 Å². The molecule has 0 aliphatic rings. The van der Waals surface area contributed by atoms with Gasteiger partial charge in [-0.25, -0.2) is 29.9 Å². The lowest BCUT2D eigenvalue weighted by molar-refractivity contribution is 1.06. The van der Waals surface area contributed by atoms with E-state index in [4.69, 9.17) is 29.9 Å². The number of hydrogen-bond acceptors (Lipinski definition) is 14. The maximum absolute atomic E-state index is 10.6. The summed E-state index contributed by atoms with van der Waals surface area (Å²) in [7, 11) is 0. The fourth-order valence-corrected chi connectivity index (χ4v) is 16.0. The average molecular weight is 1530 g/mol. The van der Waals surface area contributed by atoms with Crippen LogP contribution < -0.4 is 0 Å². The van der Waals surface area contributed by atoms with Gasteiger partial charge in [-0.05, 0) is 194 Å². The van der Waals surface area contributed by atoms with E-state index in [1.165, 1.54) is 0 Å². The van der Waals surface area contributed by atoms with Crippen molar-refractivity contribution < 1.29 is 0 Å². The zero-order valence-electron chi connectivity index (χ0n) is 63.3. The first-order valence-electron chi connectivity index (χ1n) is 38.2. The molecule has 0 fully saturated rings. The fourth-order valence-electron chi connectivity index (χ4n) is 16.0. The van der Waals surface area contributed by atoms with Crippen molar-refractivity contribution in [2.45, 2.75) is 0 Å². The van der Waals surface area contributed by atoms with Gasteiger partial charge < -0.3 is 9.13 Å². The summed E-state index contributed by atoms with van der Waals surface area (Å²) in [4.78, 5) is 32.0. The van der Waals surface area contributed by atoms with E-state index in [2.05, 4.69) is 137 Å². The fraction of sp³-hybridized carbons (Fsp3) is 0. The molecule has 16 heteroatoms. The van der Waals surface area contributed by atoms with Crippen LogP contribution in [-0.2, 0) is 0 Å². The maximum atomic E-state index is 10.6. The summed E-state index contributed by atoms with van der Waals surface area (Å²) >= 11 is 0. The molecular formula is C104H54N16. The van der Waals surface area contributed by atoms with E-state index in [-0.39, 0.29) is 0 Å². The molecule has 19 rings (SSSR count). The first-order chi connectivity index (χ1) is 59.1. The van der Waals surface area contributed by atoms with Crippen LogP contribution in [0, 0.1) is 90.6 Å². The predicted molar refractivity (Wildman–Crippen MR) is 465 cm³/mol. The Morgan fingerprint density at radius 2 is 0.417 bits per heavy atom. The van der Waals surface area contributed by atoms with Crippen molar-refractivity contribution in [2.75, 3.05) is 0 Å². The van der Waals surface area contributed by atoms with Gasteiger partial charge in [0.1, 0.15) is 0 Å². The maximum Gasteiger partial charge on any atom is 0.166 e. The molecule has 0 unspecified atom stereocenters. The van der Waals surface area contributed by atoms with Gasteiger partial charge in [0.2, 0.25) is 0 Å². The lowest BCUT2D eigenvalue weighted by Crippen LogP contribution is -2.04. The monoisotopic (exact) mass is 1530 g/mol. The van der Waals surface area contributed by atoms with E-state index in [0.717, 1.165) is 110 Å². The number of nitriles is 8. The number of fused-ring (bicyclic) bond motifs is 6. The summed E-state index contributed by atoms with van der Waals surface area (Å²) in [5, 5.41) is 85.3. The molecule has 120 heavy (non-hydrogen) atoms. The van der Waals surface area contributed by atoms with Gasteiger partial charge in [-0.3, -0.25) is 0 Å². The molecule has 0 bridgehead atoms. The predicted octanol–water partition coefficient (Wildman–Crippen LogP) is 23.2. The molecule has 0 radical (unpaired) electrons. The minimum Gasteiger partial charge on any atom is -0.308 e. The van der Waals surface area contributed by atoms with Crippen LogP contribution in [0.3, 0.4) is 0 Å². The SMILES string of the molecule is N#Cc1ccc(-c2ccc3c(c2)c2cc(-c4ccc(C#N)cc4C#N)ccc2n3-c2ccc(-c3cccc(-c4ccc(-n5c6ccc(-c7ccc(C#N)cc7C#N)cc6c6cc(-c7ccc(C#N)cc7C#N)ccc65)c(-c5nc(-c6ccccc6)nc(-c6ccccc6)n5)c4)c3)cc2-c2nc(-c3ccccc3)nc(-c3ccccc3)n2)c(C#N)c1. The molecule has 0 spiro atoms. The zero-order valence-corrected chi connectivity index (χ0v) is 63.3. The Morgan fingerprint density at radius 3 is 0.675 bits per heavy atom. The highest BCUT2D eigenvalue weighted by molar-refractivity contribution is 6.14. The standard InChI is InChI=1S/C104H54N16/c105-55-63-24-34-83(79(44-63)59-109)75-30-40-93-87(51-75)88-52-76(84-35-25-64(56-106)45-80(84)60-110)31-41-94(88)119(93)97-38-28-73(49-91(97)103-115-99(67-14-5-1-6-15-67)113-100(116-103)68-16-7-2-8-17-68)71-22-13-23-72(48-71)74-29-39-98(92(50-74)104-117-101(69-18-9-3-10-19-69)114-102(118-104)70-20-11-4-12-21-70)120-95-42-32-77(85-36-26-65(57-107)46-81(85)61-111)53-89(95)90-54-78(33-43-96(90)120)86-37-27-66(58-108)47-82(86)62-112/h1-54H. The summed E-state index contributed by atoms with van der Waals surface area (Å²) in [5.74, 6) is 2.58. The van der Waals surface area contributed by atoms with Gasteiger partial charge in [-0.15, -0.1) is 0 Å². The first-order valence-corrected chi connectivity index (χ1v) is 38.2. The number of nitrogens with zero attached hydrogens (tertiary/aromatic N) is 16. The third-order valence-corrected chi connectivity index (χ3v) is 21.7. The van der Waals surface area contributed by atoms with E-state index in [9.17, 15) is 42.1 Å². The molecule has 16 nitrogen and oxygen atoms in total. The second kappa shape index (κ2) is 30.4. The minimum atomic E-state index is 0.341. The molecule has 0 saturated carbocycles. The number of benzene rings is 15. The molecular weight excluding hydrogens is 1470 g/mol. The van der Waals surface area contributed by atoms with Gasteiger partial charge in [-0.2, -0.15) is 42.1 Å². The van der Waals surface area contributed by atoms with Crippen molar-refractivity contribution in [1.29, 1.82) is 42.1 Å². The highest BCUT2D eigenvalue weighted by Gasteiger charge is 2.27. The zero-order chi connectivity index (χ0) is 81.5. The van der Waals surface area contributed by atoms with Crippen molar-refractivity contribution in [3.05, 3.63) is 372 Å². The van der Waals surface area contributed by atoms with E-state index in [0.29, 0.717) is 124 Å². The molecule has 15 aromatic carbocycles. The Labute approximate surface area is 687 Å². The van der Waals surface area contributed by atoms with Crippen LogP contribution in [0.25, 0.3) is 190 Å². The molecule has 0 aliphatic heterocycles. The lowest BCUT2D eigenvalue weighted by Gasteiger charge is -2.18. The highest BCUT2D eigenvalue weighted by Crippen LogP contribution is 2.46. The topological polar surface area (TPSA) is 278 Å². The summed E-state index contributed by atoms with van der Waals surface area (Å²) in [6.45, 7) is 0. The van der Waals surface area contributed by atoms with Gasteiger partial charge in [0.05, 0.1) is 127 Å². The minimum absolute atomic E-state index is 0.341. The van der Waals surface area contributed by atoms with E-state index < -0.39 is 0 Å². The van der Waals surface area contributed by atoms with Crippen molar-refractivity contribution in [2.24, 2.45) is 0 Å². The molecule has 0 saturated heterocycles. The second-order valence-electron chi connectivity index (χ2n) is 28.7. The van der Waals surface area contributed by atoms with Crippen LogP contribution in [0.15, 0.2) is 328 Å². The van der Waals surface area contributed by atoms with Gasteiger partial charge in [0.25, 0.3) is 0 Å². The van der Waals surface area contributed by atoms with Crippen molar-refractivity contribution in [3.63, 3.8) is 0 Å². The van der Waals surface area contributed by atoms with Gasteiger partial charge in [0.15, 0.2) is 34.9 Å². The Morgan fingerprint density at radius 1 is 0.175 bits per heavy atom. The summed E-state index contributed by atoms with van der Waals surface area (Å²) in [6, 6.07) is 123. The van der Waals surface area contributed by atoms with Gasteiger partial charge in [-0.1, -0.05) is 200 Å². The first kappa shape index (κ1) is 72.1. The smallest absolute Gasteiger partial charge is 0.166 e. The Kier molecular flexibility index (Phi) is 18.3. The Bertz CT molecular complexity index is 7040. The quantitative estimate of drug-likeness (QED) is 0.0979. The molecule has 19 aromatic rings. The van der Waals surface area contributed by atoms with E-state index in [1.807, 2.05) is 176 Å². The number of aromatic nitrogens is 8. The number of hydrogen-bond donors (Lipinski definition) is 0. The summed E-state index contributed by atoms with van der Waals surface area (Å²) in [6.07, 6.45) is 0.